The van der Waals surface area contributed by atoms with Gasteiger partial charge in [-0.3, -0.25) is 4.90 Å². The summed E-state index contributed by atoms with van der Waals surface area (Å²) in [6.45, 7) is 4.29. The molecule has 1 aliphatic rings. The highest BCUT2D eigenvalue weighted by Crippen LogP contribution is 2.33. The average molecular weight is 292 g/mol. The molecule has 118 valence electrons. The minimum Gasteiger partial charge on any atom is -0.493 e. The topological polar surface area (TPSA) is 47.7 Å². The van der Waals surface area contributed by atoms with Crippen molar-refractivity contribution < 1.29 is 9.47 Å². The number of rotatable bonds is 5. The van der Waals surface area contributed by atoms with Gasteiger partial charge in [-0.15, -0.1) is 0 Å². The van der Waals surface area contributed by atoms with Crippen molar-refractivity contribution in [2.24, 2.45) is 5.73 Å². The van der Waals surface area contributed by atoms with E-state index in [1.54, 1.807) is 14.2 Å². The molecule has 4 nitrogen and oxygen atoms in total. The number of benzene rings is 1. The summed E-state index contributed by atoms with van der Waals surface area (Å²) in [6, 6.07) is 5.99. The molecule has 0 bridgehead atoms. The van der Waals surface area contributed by atoms with Gasteiger partial charge in [-0.05, 0) is 38.9 Å². The van der Waals surface area contributed by atoms with Crippen molar-refractivity contribution in [2.45, 2.75) is 44.7 Å². The third-order valence-corrected chi connectivity index (χ3v) is 4.36. The number of hydrogen-bond donors (Lipinski definition) is 1. The molecule has 1 aliphatic heterocycles. The molecule has 0 radical (unpaired) electrons. The zero-order valence-corrected chi connectivity index (χ0v) is 13.5. The number of para-hydroxylation sites is 1. The van der Waals surface area contributed by atoms with Crippen LogP contribution in [0.5, 0.6) is 11.5 Å². The molecule has 1 unspecified atom stereocenters. The second kappa shape index (κ2) is 7.14. The molecule has 2 N–H and O–H groups in total. The first kappa shape index (κ1) is 16.1. The Kier molecular flexibility index (Phi) is 5.48. The first-order valence-corrected chi connectivity index (χ1v) is 7.82. The van der Waals surface area contributed by atoms with Gasteiger partial charge in [0.15, 0.2) is 11.5 Å². The highest BCUT2D eigenvalue weighted by Gasteiger charge is 2.29. The molecular weight excluding hydrogens is 264 g/mol. The van der Waals surface area contributed by atoms with Gasteiger partial charge < -0.3 is 15.2 Å². The van der Waals surface area contributed by atoms with E-state index in [9.17, 15) is 0 Å². The lowest BCUT2D eigenvalue weighted by Gasteiger charge is -2.38. The summed E-state index contributed by atoms with van der Waals surface area (Å²) in [5.41, 5.74) is 7.38. The molecule has 21 heavy (non-hydrogen) atoms. The smallest absolute Gasteiger partial charge is 0.164 e. The second-order valence-corrected chi connectivity index (χ2v) is 6.09. The van der Waals surface area contributed by atoms with E-state index in [0.717, 1.165) is 36.6 Å². The van der Waals surface area contributed by atoms with Crippen molar-refractivity contribution in [3.63, 3.8) is 0 Å². The molecule has 0 aliphatic carbocycles. The Morgan fingerprint density at radius 2 is 1.76 bits per heavy atom. The van der Waals surface area contributed by atoms with Crippen LogP contribution < -0.4 is 15.2 Å². The van der Waals surface area contributed by atoms with Crippen LogP contribution in [0.2, 0.25) is 0 Å². The Bertz CT molecular complexity index is 452. The van der Waals surface area contributed by atoms with Gasteiger partial charge >= 0.3 is 0 Å². The van der Waals surface area contributed by atoms with Crippen molar-refractivity contribution in [2.75, 3.05) is 27.3 Å². The molecule has 1 atom stereocenters. The van der Waals surface area contributed by atoms with Crippen molar-refractivity contribution in [3.8, 4) is 11.5 Å². The van der Waals surface area contributed by atoms with Crippen LogP contribution in [0.1, 0.15) is 38.2 Å². The molecule has 1 heterocycles. The van der Waals surface area contributed by atoms with Gasteiger partial charge in [0, 0.05) is 12.0 Å². The van der Waals surface area contributed by atoms with E-state index in [4.69, 9.17) is 15.2 Å². The summed E-state index contributed by atoms with van der Waals surface area (Å²) < 4.78 is 10.9. The normalized spacial score (nSPS) is 19.6. The van der Waals surface area contributed by atoms with Crippen LogP contribution in [0.3, 0.4) is 0 Å². The zero-order chi connectivity index (χ0) is 15.3. The van der Waals surface area contributed by atoms with E-state index in [-0.39, 0.29) is 5.66 Å². The minimum atomic E-state index is -0.357. The SMILES string of the molecule is COc1cccc(CC(C)(N)N2CCCCCC2)c1OC. The maximum Gasteiger partial charge on any atom is 0.164 e. The van der Waals surface area contributed by atoms with E-state index in [2.05, 4.69) is 17.9 Å². The number of nitrogens with zero attached hydrogens (tertiary/aromatic N) is 1. The number of likely N-dealkylation sites (tertiary alicyclic amines) is 1. The maximum absolute atomic E-state index is 6.64. The summed E-state index contributed by atoms with van der Waals surface area (Å²) in [5, 5.41) is 0. The van der Waals surface area contributed by atoms with E-state index < -0.39 is 0 Å². The minimum absolute atomic E-state index is 0.357. The van der Waals surface area contributed by atoms with Crippen LogP contribution in [0.25, 0.3) is 0 Å². The monoisotopic (exact) mass is 292 g/mol. The summed E-state index contributed by atoms with van der Waals surface area (Å²) in [6.07, 6.45) is 5.86. The van der Waals surface area contributed by atoms with Crippen LogP contribution in [0.15, 0.2) is 18.2 Å². The first-order chi connectivity index (χ1) is 10.1. The third-order valence-electron chi connectivity index (χ3n) is 4.36. The summed E-state index contributed by atoms with van der Waals surface area (Å²) in [4.78, 5) is 2.42. The van der Waals surface area contributed by atoms with Crippen molar-refractivity contribution >= 4 is 0 Å². The Morgan fingerprint density at radius 3 is 2.33 bits per heavy atom. The van der Waals surface area contributed by atoms with Crippen molar-refractivity contribution in [3.05, 3.63) is 23.8 Å². The average Bonchev–Trinajstić information content (AvgIpc) is 2.76. The lowest BCUT2D eigenvalue weighted by atomic mass is 9.98. The fraction of sp³-hybridized carbons (Fsp3) is 0.647. The molecule has 2 rings (SSSR count). The van der Waals surface area contributed by atoms with Crippen molar-refractivity contribution in [1.29, 1.82) is 0 Å². The molecule has 1 saturated heterocycles. The largest absolute Gasteiger partial charge is 0.493 e. The Balaban J connectivity index is 2.19. The number of ether oxygens (including phenoxy) is 2. The molecule has 1 aromatic rings. The first-order valence-electron chi connectivity index (χ1n) is 7.82. The van der Waals surface area contributed by atoms with Gasteiger partial charge in [0.25, 0.3) is 0 Å². The van der Waals surface area contributed by atoms with Gasteiger partial charge in [-0.25, -0.2) is 0 Å². The molecule has 0 saturated carbocycles. The Hall–Kier alpha value is -1.26. The van der Waals surface area contributed by atoms with Gasteiger partial charge in [0.1, 0.15) is 0 Å². The van der Waals surface area contributed by atoms with Crippen LogP contribution in [-0.4, -0.2) is 37.9 Å². The predicted octanol–water partition coefficient (Wildman–Crippen LogP) is 2.80. The van der Waals surface area contributed by atoms with Gasteiger partial charge in [0.05, 0.1) is 19.9 Å². The van der Waals surface area contributed by atoms with Gasteiger partial charge in [-0.1, -0.05) is 25.0 Å². The highest BCUT2D eigenvalue weighted by atomic mass is 16.5. The van der Waals surface area contributed by atoms with E-state index in [1.165, 1.54) is 25.7 Å². The van der Waals surface area contributed by atoms with Gasteiger partial charge in [-0.2, -0.15) is 0 Å². The number of hydrogen-bond acceptors (Lipinski definition) is 4. The predicted molar refractivity (Wildman–Crippen MR) is 85.9 cm³/mol. The van der Waals surface area contributed by atoms with E-state index in [0.29, 0.717) is 0 Å². The molecular formula is C17H28N2O2. The lowest BCUT2D eigenvalue weighted by Crippen LogP contribution is -2.55. The van der Waals surface area contributed by atoms with Crippen molar-refractivity contribution in [1.82, 2.24) is 4.90 Å². The Labute approximate surface area is 128 Å². The molecule has 0 spiro atoms. The number of methoxy groups -OCH3 is 2. The fourth-order valence-corrected chi connectivity index (χ4v) is 3.17. The molecule has 4 heteroatoms. The standard InChI is InChI=1S/C17H28N2O2/c1-17(18,19-11-6-4-5-7-12-19)13-14-9-8-10-15(20-2)16(14)21-3/h8-10H,4-7,11-13,18H2,1-3H3. The van der Waals surface area contributed by atoms with Crippen LogP contribution in [0, 0.1) is 0 Å². The zero-order valence-electron chi connectivity index (χ0n) is 13.5. The van der Waals surface area contributed by atoms with Crippen LogP contribution >= 0.6 is 0 Å². The summed E-state index contributed by atoms with van der Waals surface area (Å²) >= 11 is 0. The second-order valence-electron chi connectivity index (χ2n) is 6.09. The summed E-state index contributed by atoms with van der Waals surface area (Å²) in [5.74, 6) is 1.56. The molecule has 1 fully saturated rings. The highest BCUT2D eigenvalue weighted by molar-refractivity contribution is 5.47. The van der Waals surface area contributed by atoms with E-state index >= 15 is 0 Å². The lowest BCUT2D eigenvalue weighted by molar-refractivity contribution is 0.112. The van der Waals surface area contributed by atoms with Gasteiger partial charge in [0.2, 0.25) is 0 Å². The summed E-state index contributed by atoms with van der Waals surface area (Å²) in [7, 11) is 3.35. The fourth-order valence-electron chi connectivity index (χ4n) is 3.17. The van der Waals surface area contributed by atoms with Crippen LogP contribution in [-0.2, 0) is 6.42 Å². The van der Waals surface area contributed by atoms with E-state index in [1.807, 2.05) is 12.1 Å². The quantitative estimate of drug-likeness (QED) is 0.906. The molecule has 1 aromatic carbocycles. The maximum atomic E-state index is 6.64. The molecule has 0 aromatic heterocycles. The third kappa shape index (κ3) is 3.89. The van der Waals surface area contributed by atoms with Crippen LogP contribution in [0.4, 0.5) is 0 Å². The molecule has 0 amide bonds. The number of nitrogens with two attached hydrogens (primary N) is 1. The Morgan fingerprint density at radius 1 is 1.10 bits per heavy atom.